The Hall–Kier alpha value is -1.34. The highest BCUT2D eigenvalue weighted by atomic mass is 32.2. The van der Waals surface area contributed by atoms with Crippen molar-refractivity contribution in [3.8, 4) is 0 Å². The van der Waals surface area contributed by atoms with Gasteiger partial charge in [-0.2, -0.15) is 0 Å². The summed E-state index contributed by atoms with van der Waals surface area (Å²) in [6, 6.07) is 1.74. The number of rotatable bonds is 6. The molecule has 0 amide bonds. The maximum absolute atomic E-state index is 11.9. The van der Waals surface area contributed by atoms with Crippen molar-refractivity contribution in [2.75, 3.05) is 12.9 Å². The molecule has 2 N–H and O–H groups in total. The van der Waals surface area contributed by atoms with Gasteiger partial charge in [-0.05, 0) is 19.8 Å². The Kier molecular flexibility index (Phi) is 4.26. The molecule has 1 saturated carbocycles. The molecular formula is C12H17N3O3S. The number of methoxy groups -OCH3 is 1. The van der Waals surface area contributed by atoms with Gasteiger partial charge in [-0.1, -0.05) is 11.8 Å². The molecule has 1 atom stereocenters. The number of ether oxygens (including phenoxy) is 1. The lowest BCUT2D eigenvalue weighted by Gasteiger charge is -2.27. The van der Waals surface area contributed by atoms with Crippen LogP contribution in [0.25, 0.3) is 0 Å². The number of aromatic amines is 1. The second-order valence-electron chi connectivity index (χ2n) is 4.77. The number of thioether (sulfide) groups is 1. The summed E-state index contributed by atoms with van der Waals surface area (Å²) >= 11 is 1.32. The van der Waals surface area contributed by atoms with Crippen LogP contribution in [0.5, 0.6) is 0 Å². The summed E-state index contributed by atoms with van der Waals surface area (Å²) < 4.78 is 4.85. The summed E-state index contributed by atoms with van der Waals surface area (Å²) in [7, 11) is 1.38. The number of esters is 1. The maximum Gasteiger partial charge on any atom is 0.326 e. The first-order valence-corrected chi connectivity index (χ1v) is 7.06. The number of nitrogens with zero attached hydrogens (tertiary/aromatic N) is 1. The minimum absolute atomic E-state index is 0.201. The van der Waals surface area contributed by atoms with Gasteiger partial charge in [0.15, 0.2) is 5.16 Å². The van der Waals surface area contributed by atoms with Gasteiger partial charge >= 0.3 is 5.97 Å². The zero-order valence-corrected chi connectivity index (χ0v) is 11.8. The number of H-pyrrole nitrogens is 1. The quantitative estimate of drug-likeness (QED) is 0.450. The lowest BCUT2D eigenvalue weighted by atomic mass is 10.1. The fraction of sp³-hybridized carbons (Fsp3) is 0.583. The third kappa shape index (κ3) is 3.81. The van der Waals surface area contributed by atoms with Crippen LogP contribution in [0.1, 0.15) is 19.8 Å². The standard InChI is InChI=1S/C12H17N3O3S/c1-12(10(17)18-2,15-8-3-4-8)7-19-11-13-6-5-9(16)14-11/h5-6,8,15H,3-4,7H2,1-2H3,(H,13,14,16). The van der Waals surface area contributed by atoms with Crippen molar-refractivity contribution in [3.63, 3.8) is 0 Å². The molecule has 1 fully saturated rings. The normalized spacial score (nSPS) is 17.8. The monoisotopic (exact) mass is 283 g/mol. The van der Waals surface area contributed by atoms with E-state index >= 15 is 0 Å². The second-order valence-corrected chi connectivity index (χ2v) is 5.73. The first kappa shape index (κ1) is 14.1. The largest absolute Gasteiger partial charge is 0.468 e. The topological polar surface area (TPSA) is 84.1 Å². The van der Waals surface area contributed by atoms with Gasteiger partial charge in [0, 0.05) is 24.1 Å². The average molecular weight is 283 g/mol. The van der Waals surface area contributed by atoms with Crippen molar-refractivity contribution < 1.29 is 9.53 Å². The first-order chi connectivity index (χ1) is 9.03. The molecule has 19 heavy (non-hydrogen) atoms. The summed E-state index contributed by atoms with van der Waals surface area (Å²) in [6.07, 6.45) is 3.61. The Balaban J connectivity index is 2.03. The van der Waals surface area contributed by atoms with Crippen molar-refractivity contribution in [1.82, 2.24) is 15.3 Å². The van der Waals surface area contributed by atoms with Crippen molar-refractivity contribution in [3.05, 3.63) is 22.6 Å². The van der Waals surface area contributed by atoms with Crippen molar-refractivity contribution in [2.45, 2.75) is 36.5 Å². The highest BCUT2D eigenvalue weighted by molar-refractivity contribution is 7.99. The molecule has 0 saturated heterocycles. The van der Waals surface area contributed by atoms with Crippen LogP contribution in [-0.4, -0.2) is 40.4 Å². The molecule has 0 spiro atoms. The lowest BCUT2D eigenvalue weighted by Crippen LogP contribution is -2.53. The summed E-state index contributed by atoms with van der Waals surface area (Å²) in [5.41, 5.74) is -0.970. The summed E-state index contributed by atoms with van der Waals surface area (Å²) in [5.74, 6) is 0.147. The summed E-state index contributed by atoms with van der Waals surface area (Å²) in [4.78, 5) is 29.7. The predicted octanol–water partition coefficient (Wildman–Crippen LogP) is 0.546. The van der Waals surface area contributed by atoms with Gasteiger partial charge in [0.1, 0.15) is 5.54 Å². The van der Waals surface area contributed by atoms with Crippen LogP contribution in [0.15, 0.2) is 22.2 Å². The van der Waals surface area contributed by atoms with Gasteiger partial charge in [-0.3, -0.25) is 14.9 Å². The van der Waals surface area contributed by atoms with E-state index in [0.717, 1.165) is 12.8 Å². The number of hydrogen-bond donors (Lipinski definition) is 2. The molecule has 2 rings (SSSR count). The third-order valence-electron chi connectivity index (χ3n) is 2.88. The third-order valence-corrected chi connectivity index (χ3v) is 4.08. The Morgan fingerprint density at radius 2 is 2.42 bits per heavy atom. The minimum Gasteiger partial charge on any atom is -0.468 e. The fourth-order valence-electron chi connectivity index (χ4n) is 1.70. The number of aromatic nitrogens is 2. The molecule has 104 valence electrons. The molecule has 0 radical (unpaired) electrons. The SMILES string of the molecule is COC(=O)C(C)(CSc1nccc(=O)[nH]1)NC1CC1. The van der Waals surface area contributed by atoms with E-state index < -0.39 is 5.54 Å². The zero-order valence-electron chi connectivity index (χ0n) is 10.9. The number of hydrogen-bond acceptors (Lipinski definition) is 6. The van der Waals surface area contributed by atoms with Crippen LogP contribution >= 0.6 is 11.8 Å². The Morgan fingerprint density at radius 3 is 3.00 bits per heavy atom. The molecule has 1 aliphatic carbocycles. The predicted molar refractivity (Wildman–Crippen MR) is 72.2 cm³/mol. The van der Waals surface area contributed by atoms with Crippen LogP contribution < -0.4 is 10.9 Å². The zero-order chi connectivity index (χ0) is 13.9. The molecule has 0 aliphatic heterocycles. The van der Waals surface area contributed by atoms with Gasteiger partial charge < -0.3 is 9.72 Å². The molecule has 1 aliphatic rings. The summed E-state index contributed by atoms with van der Waals surface area (Å²) in [6.45, 7) is 1.81. The number of carbonyl (C=O) groups is 1. The van der Waals surface area contributed by atoms with Crippen molar-refractivity contribution in [2.24, 2.45) is 0 Å². The first-order valence-electron chi connectivity index (χ1n) is 6.08. The van der Waals surface area contributed by atoms with E-state index in [1.54, 1.807) is 0 Å². The van der Waals surface area contributed by atoms with Gasteiger partial charge in [0.05, 0.1) is 7.11 Å². The van der Waals surface area contributed by atoms with Crippen LogP contribution in [0.2, 0.25) is 0 Å². The Morgan fingerprint density at radius 1 is 1.68 bits per heavy atom. The molecular weight excluding hydrogens is 266 g/mol. The van der Waals surface area contributed by atoms with Crippen LogP contribution in [0.3, 0.4) is 0 Å². The van der Waals surface area contributed by atoms with Gasteiger partial charge in [0.25, 0.3) is 5.56 Å². The van der Waals surface area contributed by atoms with E-state index in [1.807, 2.05) is 6.92 Å². The maximum atomic E-state index is 11.9. The average Bonchev–Trinajstić information content (AvgIpc) is 3.19. The van der Waals surface area contributed by atoms with Gasteiger partial charge in [-0.15, -0.1) is 0 Å². The smallest absolute Gasteiger partial charge is 0.326 e. The van der Waals surface area contributed by atoms with Crippen molar-refractivity contribution in [1.29, 1.82) is 0 Å². The van der Waals surface area contributed by atoms with Crippen LogP contribution in [0, 0.1) is 0 Å². The van der Waals surface area contributed by atoms with Gasteiger partial charge in [-0.25, -0.2) is 4.98 Å². The highest BCUT2D eigenvalue weighted by Crippen LogP contribution is 2.26. The van der Waals surface area contributed by atoms with Crippen LogP contribution in [-0.2, 0) is 9.53 Å². The van der Waals surface area contributed by atoms with E-state index in [2.05, 4.69) is 15.3 Å². The minimum atomic E-state index is -0.769. The number of nitrogens with one attached hydrogen (secondary N) is 2. The molecule has 0 aromatic carbocycles. The lowest BCUT2D eigenvalue weighted by molar-refractivity contribution is -0.147. The van der Waals surface area contributed by atoms with E-state index in [9.17, 15) is 9.59 Å². The highest BCUT2D eigenvalue weighted by Gasteiger charge is 2.39. The molecule has 1 unspecified atom stereocenters. The number of carbonyl (C=O) groups excluding carboxylic acids is 1. The molecule has 7 heteroatoms. The van der Waals surface area contributed by atoms with Crippen LogP contribution in [0.4, 0.5) is 0 Å². The summed E-state index contributed by atoms with van der Waals surface area (Å²) in [5, 5.41) is 3.79. The Bertz CT molecular complexity index is 515. The van der Waals surface area contributed by atoms with Gasteiger partial charge in [0.2, 0.25) is 0 Å². The molecule has 0 bridgehead atoms. The second kappa shape index (κ2) is 5.75. The molecule has 6 nitrogen and oxygen atoms in total. The fourth-order valence-corrected chi connectivity index (χ4v) is 2.64. The Labute approximate surface area is 115 Å². The van der Waals surface area contributed by atoms with E-state index in [1.165, 1.54) is 31.1 Å². The molecule has 1 aromatic heterocycles. The van der Waals surface area contributed by atoms with Crippen molar-refractivity contribution >= 4 is 17.7 Å². The molecule has 1 heterocycles. The van der Waals surface area contributed by atoms with E-state index in [4.69, 9.17) is 4.74 Å². The molecule has 1 aromatic rings. The van der Waals surface area contributed by atoms with E-state index in [-0.39, 0.29) is 11.5 Å². The van der Waals surface area contributed by atoms with E-state index in [0.29, 0.717) is 17.0 Å².